The molecule has 4 heterocycles. The van der Waals surface area contributed by atoms with Crippen LogP contribution in [0.5, 0.6) is 0 Å². The zero-order valence-corrected chi connectivity index (χ0v) is 25.0. The predicted molar refractivity (Wildman–Crippen MR) is 160 cm³/mol. The van der Waals surface area contributed by atoms with Crippen LogP contribution in [0.4, 0.5) is 5.13 Å². The van der Waals surface area contributed by atoms with Crippen molar-refractivity contribution in [2.24, 2.45) is 11.1 Å². The number of fused-ring (bicyclic) bond motifs is 1. The molecule has 0 spiro atoms. The molecule has 0 radical (unpaired) electrons. The van der Waals surface area contributed by atoms with Crippen LogP contribution in [-0.4, -0.2) is 78.3 Å². The molecule has 0 unspecified atom stereocenters. The fraction of sp³-hybridized carbons (Fsp3) is 0.593. The number of thiazole rings is 1. The van der Waals surface area contributed by atoms with Crippen molar-refractivity contribution in [1.29, 1.82) is 0 Å². The van der Waals surface area contributed by atoms with Gasteiger partial charge in [-0.15, -0.1) is 0 Å². The van der Waals surface area contributed by atoms with E-state index in [4.69, 9.17) is 10.1 Å². The number of rotatable bonds is 8. The fourth-order valence-electron chi connectivity index (χ4n) is 5.89. The number of anilines is 1. The van der Waals surface area contributed by atoms with Crippen molar-refractivity contribution < 1.29 is 8.42 Å². The second kappa shape index (κ2) is 11.6. The van der Waals surface area contributed by atoms with Gasteiger partial charge in [-0.3, -0.25) is 4.90 Å². The average molecular weight is 590 g/mol. The molecule has 2 saturated heterocycles. The van der Waals surface area contributed by atoms with Gasteiger partial charge in [-0.05, 0) is 49.1 Å². The molecular formula is C27H39N7O2S3. The van der Waals surface area contributed by atoms with E-state index in [9.17, 15) is 8.42 Å². The number of nitrogens with one attached hydrogen (secondary N) is 1. The lowest BCUT2D eigenvalue weighted by atomic mass is 9.87. The summed E-state index contributed by atoms with van der Waals surface area (Å²) in [6.45, 7) is 7.49. The minimum absolute atomic E-state index is 0.434. The van der Waals surface area contributed by atoms with Crippen LogP contribution < -0.4 is 15.4 Å². The average Bonchev–Trinajstić information content (AvgIpc) is 3.32. The summed E-state index contributed by atoms with van der Waals surface area (Å²) in [6.07, 6.45) is 7.28. The Balaban J connectivity index is 1.11. The number of benzene rings is 1. The van der Waals surface area contributed by atoms with Crippen molar-refractivity contribution in [3.8, 4) is 0 Å². The van der Waals surface area contributed by atoms with Gasteiger partial charge in [0.2, 0.25) is 0 Å². The van der Waals surface area contributed by atoms with Gasteiger partial charge in [0.25, 0.3) is 10.2 Å². The van der Waals surface area contributed by atoms with Crippen LogP contribution in [-0.2, 0) is 22.5 Å². The molecule has 3 fully saturated rings. The summed E-state index contributed by atoms with van der Waals surface area (Å²) < 4.78 is 27.0. The monoisotopic (exact) mass is 589 g/mol. The van der Waals surface area contributed by atoms with Crippen molar-refractivity contribution in [3.63, 3.8) is 0 Å². The second-order valence-electron chi connectivity index (χ2n) is 11.3. The Morgan fingerprint density at radius 1 is 1.08 bits per heavy atom. The van der Waals surface area contributed by atoms with E-state index in [1.54, 1.807) is 0 Å². The largest absolute Gasteiger partial charge is 0.379 e. The van der Waals surface area contributed by atoms with Crippen LogP contribution >= 0.6 is 23.3 Å². The van der Waals surface area contributed by atoms with Gasteiger partial charge in [-0.25, -0.2) is 10.1 Å². The van der Waals surface area contributed by atoms with Gasteiger partial charge < -0.3 is 14.5 Å². The van der Waals surface area contributed by atoms with Gasteiger partial charge in [0.05, 0.1) is 17.1 Å². The zero-order chi connectivity index (χ0) is 27.0. The third-order valence-corrected chi connectivity index (χ3v) is 11.6. The van der Waals surface area contributed by atoms with Crippen LogP contribution in [0.25, 0.3) is 5.70 Å². The Morgan fingerprint density at radius 2 is 1.79 bits per heavy atom. The standard InChI is InChI=1S/C27H39N7O2S3/c1-20-7-9-22(10-8-20)29-24-17-33(37-19-21-5-3-2-4-6-21)18-25-26(24)30-27(38-25)32-15-23(16-32)31-11-13-34(14-12-31)39(28,35)36/h2-6,17,20,22-23,29H,7-16,18-19H2,1H3,(H2,28,35,36). The number of aromatic nitrogens is 1. The maximum Gasteiger partial charge on any atom is 0.276 e. The lowest BCUT2D eigenvalue weighted by Crippen LogP contribution is -2.63. The molecule has 1 saturated carbocycles. The molecule has 6 rings (SSSR count). The Morgan fingerprint density at radius 3 is 2.49 bits per heavy atom. The van der Waals surface area contributed by atoms with Crippen LogP contribution in [0, 0.1) is 5.92 Å². The fourth-order valence-corrected chi connectivity index (χ4v) is 8.65. The molecule has 3 N–H and O–H groups in total. The van der Waals surface area contributed by atoms with Gasteiger partial charge in [-0.1, -0.05) is 48.6 Å². The third kappa shape index (κ3) is 6.41. The smallest absolute Gasteiger partial charge is 0.276 e. The first kappa shape index (κ1) is 27.3. The normalized spacial score (nSPS) is 25.2. The van der Waals surface area contributed by atoms with Crippen molar-refractivity contribution in [2.75, 3.05) is 44.2 Å². The Bertz CT molecular complexity index is 1260. The van der Waals surface area contributed by atoms with E-state index in [0.717, 1.165) is 60.9 Å². The molecule has 2 aromatic rings. The maximum absolute atomic E-state index is 11.6. The van der Waals surface area contributed by atoms with Gasteiger partial charge >= 0.3 is 0 Å². The van der Waals surface area contributed by atoms with E-state index in [2.05, 4.69) is 62.9 Å². The molecule has 1 aromatic carbocycles. The summed E-state index contributed by atoms with van der Waals surface area (Å²) in [6, 6.07) is 11.6. The summed E-state index contributed by atoms with van der Waals surface area (Å²) >= 11 is 3.68. The van der Waals surface area contributed by atoms with Crippen molar-refractivity contribution in [3.05, 3.63) is 52.7 Å². The molecule has 39 heavy (non-hydrogen) atoms. The summed E-state index contributed by atoms with van der Waals surface area (Å²) in [5.74, 6) is 1.77. The van der Waals surface area contributed by atoms with E-state index in [1.165, 1.54) is 40.4 Å². The van der Waals surface area contributed by atoms with E-state index in [1.807, 2.05) is 23.3 Å². The molecule has 9 nitrogen and oxygen atoms in total. The zero-order valence-electron chi connectivity index (χ0n) is 22.5. The van der Waals surface area contributed by atoms with E-state index in [-0.39, 0.29) is 0 Å². The molecule has 0 atom stereocenters. The van der Waals surface area contributed by atoms with Crippen LogP contribution in [0.15, 0.2) is 36.5 Å². The van der Waals surface area contributed by atoms with Crippen molar-refractivity contribution in [2.45, 2.75) is 57.0 Å². The molecule has 1 aromatic heterocycles. The molecule has 0 amide bonds. The highest BCUT2D eigenvalue weighted by molar-refractivity contribution is 7.96. The number of hydrogen-bond donors (Lipinski definition) is 2. The van der Waals surface area contributed by atoms with E-state index in [0.29, 0.717) is 25.2 Å². The number of nitrogens with two attached hydrogens (primary N) is 1. The first-order valence-corrected chi connectivity index (χ1v) is 17.3. The van der Waals surface area contributed by atoms with Gasteiger partial charge in [0.15, 0.2) is 5.13 Å². The highest BCUT2D eigenvalue weighted by Gasteiger charge is 2.37. The highest BCUT2D eigenvalue weighted by Crippen LogP contribution is 2.39. The Kier molecular flexibility index (Phi) is 8.12. The third-order valence-electron chi connectivity index (χ3n) is 8.41. The van der Waals surface area contributed by atoms with Gasteiger partial charge in [0.1, 0.15) is 5.69 Å². The molecule has 4 aliphatic rings. The van der Waals surface area contributed by atoms with Crippen LogP contribution in [0.3, 0.4) is 0 Å². The topological polar surface area (TPSA) is 98.0 Å². The summed E-state index contributed by atoms with van der Waals surface area (Å²) in [5, 5.41) is 10.3. The first-order chi connectivity index (χ1) is 18.8. The number of piperazine rings is 1. The maximum atomic E-state index is 11.6. The Labute approximate surface area is 240 Å². The van der Waals surface area contributed by atoms with Crippen molar-refractivity contribution in [1.82, 2.24) is 23.8 Å². The Hall–Kier alpha value is -1.83. The minimum Gasteiger partial charge on any atom is -0.379 e. The number of nitrogens with zero attached hydrogens (tertiary/aromatic N) is 5. The molecule has 212 valence electrons. The first-order valence-electron chi connectivity index (χ1n) is 14.0. The second-order valence-corrected chi connectivity index (χ2v) is 14.9. The summed E-state index contributed by atoms with van der Waals surface area (Å²) in [7, 11) is -3.59. The summed E-state index contributed by atoms with van der Waals surface area (Å²) in [5.41, 5.74) is 3.62. The van der Waals surface area contributed by atoms with Gasteiger partial charge in [-0.2, -0.15) is 12.7 Å². The quantitative estimate of drug-likeness (QED) is 0.453. The van der Waals surface area contributed by atoms with Crippen LogP contribution in [0.2, 0.25) is 0 Å². The molecular weight excluding hydrogens is 551 g/mol. The van der Waals surface area contributed by atoms with Crippen LogP contribution in [0.1, 0.15) is 48.7 Å². The molecule has 1 aliphatic carbocycles. The van der Waals surface area contributed by atoms with E-state index >= 15 is 0 Å². The SMILES string of the molecule is CC1CCC(NC2=CN(SCc3ccccc3)Cc3sc(N4CC(N5CCN(S(N)(=O)=O)CC5)C4)nc32)CC1. The molecule has 12 heteroatoms. The predicted octanol–water partition coefficient (Wildman–Crippen LogP) is 3.28. The van der Waals surface area contributed by atoms with Crippen molar-refractivity contribution >= 4 is 44.3 Å². The summed E-state index contributed by atoms with van der Waals surface area (Å²) in [4.78, 5) is 11.3. The lowest BCUT2D eigenvalue weighted by molar-refractivity contribution is 0.117. The van der Waals surface area contributed by atoms with E-state index < -0.39 is 10.2 Å². The highest BCUT2D eigenvalue weighted by atomic mass is 32.2. The lowest BCUT2D eigenvalue weighted by Gasteiger charge is -2.47. The van der Waals surface area contributed by atoms with Gasteiger partial charge in [0, 0.05) is 63.3 Å². The molecule has 0 bridgehead atoms. The molecule has 3 aliphatic heterocycles. The number of hydrogen-bond acceptors (Lipinski definition) is 9. The minimum atomic E-state index is -3.59.